The maximum Gasteiger partial charge on any atom is 0.142 e. The molecule has 1 aromatic carbocycles. The number of hydrogen-bond acceptors (Lipinski definition) is 5. The standard InChI is InChI=1S/C14H16ClN3O2/c1-8-13(15)16-9(2)17-14(8)18-11-7-10(19-3)5-6-12(11)20-4/h5-7H,1-4H3,(H,16,17,18). The van der Waals surface area contributed by atoms with Gasteiger partial charge in [-0.3, -0.25) is 0 Å². The highest BCUT2D eigenvalue weighted by Gasteiger charge is 2.11. The Balaban J connectivity index is 2.43. The molecule has 106 valence electrons. The fourth-order valence-corrected chi connectivity index (χ4v) is 1.97. The molecule has 6 heteroatoms. The van der Waals surface area contributed by atoms with Gasteiger partial charge in [-0.15, -0.1) is 0 Å². The predicted molar refractivity (Wildman–Crippen MR) is 79.3 cm³/mol. The second kappa shape index (κ2) is 5.96. The third-order valence-electron chi connectivity index (χ3n) is 2.86. The molecular weight excluding hydrogens is 278 g/mol. The van der Waals surface area contributed by atoms with E-state index < -0.39 is 0 Å². The van der Waals surface area contributed by atoms with Crippen LogP contribution in [0, 0.1) is 13.8 Å². The van der Waals surface area contributed by atoms with Gasteiger partial charge >= 0.3 is 0 Å². The number of hydrogen-bond donors (Lipinski definition) is 1. The molecule has 5 nitrogen and oxygen atoms in total. The van der Waals surface area contributed by atoms with Gasteiger partial charge in [0.05, 0.1) is 19.9 Å². The van der Waals surface area contributed by atoms with E-state index in [1.54, 1.807) is 21.1 Å². The first-order valence-corrected chi connectivity index (χ1v) is 6.42. The molecule has 2 rings (SSSR count). The maximum absolute atomic E-state index is 6.07. The summed E-state index contributed by atoms with van der Waals surface area (Å²) in [5.74, 6) is 2.67. The van der Waals surface area contributed by atoms with Crippen LogP contribution in [0.25, 0.3) is 0 Å². The largest absolute Gasteiger partial charge is 0.497 e. The van der Waals surface area contributed by atoms with E-state index in [0.717, 1.165) is 17.0 Å². The van der Waals surface area contributed by atoms with Crippen molar-refractivity contribution in [2.75, 3.05) is 19.5 Å². The molecule has 0 aliphatic heterocycles. The van der Waals surface area contributed by atoms with Crippen molar-refractivity contribution in [1.82, 2.24) is 9.97 Å². The van der Waals surface area contributed by atoms with Crippen LogP contribution in [-0.4, -0.2) is 24.2 Å². The lowest BCUT2D eigenvalue weighted by molar-refractivity contribution is 0.405. The minimum atomic E-state index is 0.432. The Kier molecular flexibility index (Phi) is 4.29. The summed E-state index contributed by atoms with van der Waals surface area (Å²) >= 11 is 6.07. The van der Waals surface area contributed by atoms with Gasteiger partial charge in [0.25, 0.3) is 0 Å². The van der Waals surface area contributed by atoms with Gasteiger partial charge in [0.1, 0.15) is 28.3 Å². The van der Waals surface area contributed by atoms with Crippen LogP contribution in [0.2, 0.25) is 5.15 Å². The first kappa shape index (κ1) is 14.4. The second-order valence-electron chi connectivity index (χ2n) is 4.23. The zero-order chi connectivity index (χ0) is 14.7. The van der Waals surface area contributed by atoms with Crippen LogP contribution >= 0.6 is 11.6 Å². The smallest absolute Gasteiger partial charge is 0.142 e. The lowest BCUT2D eigenvalue weighted by Crippen LogP contribution is -2.02. The third kappa shape index (κ3) is 2.93. The van der Waals surface area contributed by atoms with Gasteiger partial charge in [0, 0.05) is 11.6 Å². The van der Waals surface area contributed by atoms with Crippen molar-refractivity contribution in [1.29, 1.82) is 0 Å². The van der Waals surface area contributed by atoms with Crippen molar-refractivity contribution in [3.8, 4) is 11.5 Å². The highest BCUT2D eigenvalue weighted by Crippen LogP contribution is 2.32. The molecule has 0 saturated carbocycles. The first-order valence-electron chi connectivity index (χ1n) is 6.05. The predicted octanol–water partition coefficient (Wildman–Crippen LogP) is 3.51. The molecule has 20 heavy (non-hydrogen) atoms. The molecule has 1 N–H and O–H groups in total. The second-order valence-corrected chi connectivity index (χ2v) is 4.58. The number of rotatable bonds is 4. The number of nitrogens with zero attached hydrogens (tertiary/aromatic N) is 2. The van der Waals surface area contributed by atoms with Crippen LogP contribution in [0.15, 0.2) is 18.2 Å². The molecule has 0 amide bonds. The van der Waals surface area contributed by atoms with E-state index in [1.165, 1.54) is 0 Å². The Hall–Kier alpha value is -2.01. The lowest BCUT2D eigenvalue weighted by atomic mass is 10.2. The number of aryl methyl sites for hydroxylation is 1. The van der Waals surface area contributed by atoms with Crippen molar-refractivity contribution < 1.29 is 9.47 Å². The van der Waals surface area contributed by atoms with Gasteiger partial charge in [0.15, 0.2) is 0 Å². The van der Waals surface area contributed by atoms with Gasteiger partial charge in [-0.25, -0.2) is 9.97 Å². The quantitative estimate of drug-likeness (QED) is 0.874. The summed E-state index contributed by atoms with van der Waals surface area (Å²) in [6, 6.07) is 5.49. The highest BCUT2D eigenvalue weighted by atomic mass is 35.5. The van der Waals surface area contributed by atoms with Crippen LogP contribution in [-0.2, 0) is 0 Å². The highest BCUT2D eigenvalue weighted by molar-refractivity contribution is 6.30. The Labute approximate surface area is 122 Å². The molecule has 0 spiro atoms. The lowest BCUT2D eigenvalue weighted by Gasteiger charge is -2.14. The van der Waals surface area contributed by atoms with Gasteiger partial charge in [-0.2, -0.15) is 0 Å². The fraction of sp³-hybridized carbons (Fsp3) is 0.286. The van der Waals surface area contributed by atoms with Gasteiger partial charge in [-0.1, -0.05) is 11.6 Å². The van der Waals surface area contributed by atoms with E-state index in [2.05, 4.69) is 15.3 Å². The fourth-order valence-electron chi connectivity index (χ4n) is 1.76. The summed E-state index contributed by atoms with van der Waals surface area (Å²) in [6.07, 6.45) is 0. The summed E-state index contributed by atoms with van der Waals surface area (Å²) in [5.41, 5.74) is 1.53. The molecule has 1 aromatic heterocycles. The Morgan fingerprint density at radius 1 is 1.10 bits per heavy atom. The third-order valence-corrected chi connectivity index (χ3v) is 3.23. The molecule has 0 atom stereocenters. The molecule has 0 fully saturated rings. The van der Waals surface area contributed by atoms with Crippen molar-refractivity contribution in [3.05, 3.63) is 34.7 Å². The normalized spacial score (nSPS) is 10.2. The van der Waals surface area contributed by atoms with Crippen molar-refractivity contribution >= 4 is 23.1 Å². The van der Waals surface area contributed by atoms with Gasteiger partial charge < -0.3 is 14.8 Å². The number of ether oxygens (including phenoxy) is 2. The van der Waals surface area contributed by atoms with Crippen LogP contribution in [0.3, 0.4) is 0 Å². The van der Waals surface area contributed by atoms with E-state index in [-0.39, 0.29) is 0 Å². The summed E-state index contributed by atoms with van der Waals surface area (Å²) in [7, 11) is 3.22. The summed E-state index contributed by atoms with van der Waals surface area (Å²) in [5, 5.41) is 3.64. The molecule has 0 aliphatic rings. The van der Waals surface area contributed by atoms with Crippen LogP contribution in [0.1, 0.15) is 11.4 Å². The van der Waals surface area contributed by atoms with Gasteiger partial charge in [-0.05, 0) is 26.0 Å². The van der Waals surface area contributed by atoms with Crippen molar-refractivity contribution in [3.63, 3.8) is 0 Å². The molecule has 0 aliphatic carbocycles. The number of anilines is 2. The molecule has 0 saturated heterocycles. The minimum Gasteiger partial charge on any atom is -0.497 e. The molecule has 2 aromatic rings. The number of methoxy groups -OCH3 is 2. The van der Waals surface area contributed by atoms with E-state index in [0.29, 0.717) is 22.5 Å². The number of halogens is 1. The van der Waals surface area contributed by atoms with Crippen molar-refractivity contribution in [2.24, 2.45) is 0 Å². The molecule has 0 unspecified atom stereocenters. The van der Waals surface area contributed by atoms with E-state index >= 15 is 0 Å². The SMILES string of the molecule is COc1ccc(OC)c(Nc2nc(C)nc(Cl)c2C)c1. The Bertz CT molecular complexity index is 632. The van der Waals surface area contributed by atoms with Crippen LogP contribution < -0.4 is 14.8 Å². The molecule has 1 heterocycles. The minimum absolute atomic E-state index is 0.432. The van der Waals surface area contributed by atoms with E-state index in [9.17, 15) is 0 Å². The average Bonchev–Trinajstić information content (AvgIpc) is 2.44. The van der Waals surface area contributed by atoms with Crippen LogP contribution in [0.4, 0.5) is 11.5 Å². The molecular formula is C14H16ClN3O2. The number of benzene rings is 1. The summed E-state index contributed by atoms with van der Waals surface area (Å²) < 4.78 is 10.5. The Morgan fingerprint density at radius 3 is 2.50 bits per heavy atom. The first-order chi connectivity index (χ1) is 9.55. The monoisotopic (exact) mass is 293 g/mol. The molecule has 0 radical (unpaired) electrons. The zero-order valence-electron chi connectivity index (χ0n) is 11.8. The van der Waals surface area contributed by atoms with Crippen molar-refractivity contribution in [2.45, 2.75) is 13.8 Å². The maximum atomic E-state index is 6.07. The van der Waals surface area contributed by atoms with E-state index in [1.807, 2.05) is 25.1 Å². The summed E-state index contributed by atoms with van der Waals surface area (Å²) in [6.45, 7) is 3.65. The number of aromatic nitrogens is 2. The number of nitrogens with one attached hydrogen (secondary N) is 1. The van der Waals surface area contributed by atoms with Crippen LogP contribution in [0.5, 0.6) is 11.5 Å². The van der Waals surface area contributed by atoms with Gasteiger partial charge in [0.2, 0.25) is 0 Å². The topological polar surface area (TPSA) is 56.3 Å². The molecule has 0 bridgehead atoms. The zero-order valence-corrected chi connectivity index (χ0v) is 12.6. The Morgan fingerprint density at radius 2 is 1.85 bits per heavy atom. The average molecular weight is 294 g/mol. The summed E-state index contributed by atoms with van der Waals surface area (Å²) in [4.78, 5) is 8.47. The van der Waals surface area contributed by atoms with E-state index in [4.69, 9.17) is 21.1 Å².